The number of benzene rings is 1. The first-order valence-electron chi connectivity index (χ1n) is 5.64. The zero-order chi connectivity index (χ0) is 11.9. The summed E-state index contributed by atoms with van der Waals surface area (Å²) in [5, 5.41) is 4.35. The van der Waals surface area contributed by atoms with Crippen LogP contribution >= 0.6 is 11.6 Å². The third kappa shape index (κ3) is 2.12. The topological polar surface area (TPSA) is 15.3 Å². The molecule has 0 spiro atoms. The van der Waals surface area contributed by atoms with Crippen LogP contribution in [-0.2, 0) is 0 Å². The van der Waals surface area contributed by atoms with Crippen molar-refractivity contribution in [1.29, 1.82) is 0 Å². The van der Waals surface area contributed by atoms with Gasteiger partial charge in [-0.2, -0.15) is 0 Å². The number of hydrogen-bond acceptors (Lipinski definition) is 2. The summed E-state index contributed by atoms with van der Waals surface area (Å²) < 4.78 is 0. The maximum absolute atomic E-state index is 6.12. The summed E-state index contributed by atoms with van der Waals surface area (Å²) in [7, 11) is 2.13. The van der Waals surface area contributed by atoms with Crippen molar-refractivity contribution in [3.63, 3.8) is 0 Å². The molecule has 16 heavy (non-hydrogen) atoms. The number of nitrogens with one attached hydrogen (secondary N) is 1. The number of anilines is 2. The summed E-state index contributed by atoms with van der Waals surface area (Å²) in [6, 6.07) is 4.05. The summed E-state index contributed by atoms with van der Waals surface area (Å²) in [5.41, 5.74) is 3.91. The third-order valence-electron chi connectivity index (χ3n) is 3.10. The van der Waals surface area contributed by atoms with Gasteiger partial charge in [0.05, 0.1) is 11.4 Å². The monoisotopic (exact) mass is 238 g/mol. The lowest BCUT2D eigenvalue weighted by Gasteiger charge is -2.27. The predicted octanol–water partition coefficient (Wildman–Crippen LogP) is 3.54. The van der Waals surface area contributed by atoms with Gasteiger partial charge in [0.2, 0.25) is 0 Å². The molecule has 1 aliphatic rings. The van der Waals surface area contributed by atoms with Gasteiger partial charge in [-0.25, -0.2) is 0 Å². The molecule has 3 heteroatoms. The molecule has 1 aromatic carbocycles. The van der Waals surface area contributed by atoms with Gasteiger partial charge in [-0.3, -0.25) is 0 Å². The zero-order valence-corrected chi connectivity index (χ0v) is 11.2. The smallest absolute Gasteiger partial charge is 0.0617 e. The van der Waals surface area contributed by atoms with Crippen LogP contribution in [0.25, 0.3) is 0 Å². The van der Waals surface area contributed by atoms with E-state index in [2.05, 4.69) is 38.0 Å². The highest BCUT2D eigenvalue weighted by Crippen LogP contribution is 2.36. The van der Waals surface area contributed by atoms with E-state index >= 15 is 0 Å². The minimum atomic E-state index is 0.271. The number of fused-ring (bicyclic) bond motifs is 1. The van der Waals surface area contributed by atoms with E-state index in [-0.39, 0.29) is 5.41 Å². The van der Waals surface area contributed by atoms with Crippen molar-refractivity contribution in [2.24, 2.45) is 5.41 Å². The third-order valence-corrected chi connectivity index (χ3v) is 3.32. The van der Waals surface area contributed by atoms with Crippen molar-refractivity contribution in [3.8, 4) is 0 Å². The summed E-state index contributed by atoms with van der Waals surface area (Å²) in [6.07, 6.45) is 0. The van der Waals surface area contributed by atoms with Crippen LogP contribution in [0.15, 0.2) is 12.1 Å². The minimum Gasteiger partial charge on any atom is -0.383 e. The van der Waals surface area contributed by atoms with Gasteiger partial charge in [0, 0.05) is 25.2 Å². The van der Waals surface area contributed by atoms with E-state index in [1.807, 2.05) is 12.1 Å². The first-order valence-corrected chi connectivity index (χ1v) is 6.02. The number of halogens is 1. The second-order valence-corrected chi connectivity index (χ2v) is 5.93. The zero-order valence-electron chi connectivity index (χ0n) is 10.4. The maximum atomic E-state index is 6.12. The molecule has 0 aromatic heterocycles. The molecule has 88 valence electrons. The van der Waals surface area contributed by atoms with E-state index in [9.17, 15) is 0 Å². The quantitative estimate of drug-likeness (QED) is 0.744. The van der Waals surface area contributed by atoms with Crippen LogP contribution in [0.5, 0.6) is 0 Å². The van der Waals surface area contributed by atoms with Gasteiger partial charge in [0.25, 0.3) is 0 Å². The molecule has 0 amide bonds. The highest BCUT2D eigenvalue weighted by Gasteiger charge is 2.26. The Balaban J connectivity index is 2.49. The second kappa shape index (κ2) is 3.85. The molecular weight excluding hydrogens is 220 g/mol. The number of hydrogen-bond donors (Lipinski definition) is 1. The first kappa shape index (κ1) is 11.6. The van der Waals surface area contributed by atoms with Crippen molar-refractivity contribution in [1.82, 2.24) is 0 Å². The Hall–Kier alpha value is -0.890. The molecule has 1 N–H and O–H groups in total. The first-order chi connectivity index (χ1) is 7.39. The maximum Gasteiger partial charge on any atom is 0.0617 e. The molecule has 1 heterocycles. The van der Waals surface area contributed by atoms with E-state index < -0.39 is 0 Å². The lowest BCUT2D eigenvalue weighted by Crippen LogP contribution is -2.33. The van der Waals surface area contributed by atoms with Crippen molar-refractivity contribution in [2.75, 3.05) is 30.4 Å². The molecule has 0 fully saturated rings. The van der Waals surface area contributed by atoms with Crippen LogP contribution in [-0.4, -0.2) is 20.1 Å². The van der Waals surface area contributed by atoms with Gasteiger partial charge >= 0.3 is 0 Å². The van der Waals surface area contributed by atoms with E-state index in [1.54, 1.807) is 0 Å². The molecular formula is C13H19ClN2. The molecule has 2 rings (SSSR count). The molecule has 0 bridgehead atoms. The van der Waals surface area contributed by atoms with Gasteiger partial charge in [0.1, 0.15) is 0 Å². The van der Waals surface area contributed by atoms with Crippen LogP contribution in [0.2, 0.25) is 5.02 Å². The normalized spacial score (nSPS) is 18.7. The van der Waals surface area contributed by atoms with Crippen molar-refractivity contribution in [3.05, 3.63) is 22.7 Å². The Morgan fingerprint density at radius 3 is 2.75 bits per heavy atom. The van der Waals surface area contributed by atoms with Gasteiger partial charge in [-0.1, -0.05) is 25.4 Å². The summed E-state index contributed by atoms with van der Waals surface area (Å²) in [4.78, 5) is 2.29. The van der Waals surface area contributed by atoms with Crippen LogP contribution in [0.1, 0.15) is 19.4 Å². The van der Waals surface area contributed by atoms with Gasteiger partial charge in [-0.15, -0.1) is 0 Å². The van der Waals surface area contributed by atoms with Crippen molar-refractivity contribution >= 4 is 23.0 Å². The number of aryl methyl sites for hydroxylation is 1. The summed E-state index contributed by atoms with van der Waals surface area (Å²) >= 11 is 6.12. The van der Waals surface area contributed by atoms with Crippen LogP contribution in [0.3, 0.4) is 0 Å². The van der Waals surface area contributed by atoms with Gasteiger partial charge < -0.3 is 10.2 Å². The van der Waals surface area contributed by atoms with Crippen LogP contribution < -0.4 is 10.2 Å². The predicted molar refractivity (Wildman–Crippen MR) is 71.7 cm³/mol. The van der Waals surface area contributed by atoms with Crippen LogP contribution in [0.4, 0.5) is 11.4 Å². The van der Waals surface area contributed by atoms with Crippen LogP contribution in [0, 0.1) is 12.3 Å². The molecule has 2 nitrogen and oxygen atoms in total. The average molecular weight is 239 g/mol. The Kier molecular flexibility index (Phi) is 2.79. The second-order valence-electron chi connectivity index (χ2n) is 5.49. The fraction of sp³-hybridized carbons (Fsp3) is 0.538. The van der Waals surface area contributed by atoms with E-state index in [0.29, 0.717) is 0 Å². The molecule has 1 aliphatic heterocycles. The lowest BCUT2D eigenvalue weighted by molar-refractivity contribution is 0.403. The minimum absolute atomic E-state index is 0.271. The molecule has 0 unspecified atom stereocenters. The molecule has 1 aromatic rings. The standard InChI is InChI=1S/C13H19ClN2/c1-9-5-10(14)6-11-12(9)15-7-13(2,3)8-16(11)4/h5-6,15H,7-8H2,1-4H3. The highest BCUT2D eigenvalue weighted by atomic mass is 35.5. The highest BCUT2D eigenvalue weighted by molar-refractivity contribution is 6.31. The molecule has 0 atom stereocenters. The number of nitrogens with zero attached hydrogens (tertiary/aromatic N) is 1. The molecule has 0 radical (unpaired) electrons. The number of rotatable bonds is 0. The lowest BCUT2D eigenvalue weighted by atomic mass is 9.93. The van der Waals surface area contributed by atoms with E-state index in [1.165, 1.54) is 16.9 Å². The van der Waals surface area contributed by atoms with Crippen molar-refractivity contribution < 1.29 is 0 Å². The Morgan fingerprint density at radius 2 is 2.06 bits per heavy atom. The average Bonchev–Trinajstić information content (AvgIpc) is 2.23. The Bertz CT molecular complexity index is 413. The largest absolute Gasteiger partial charge is 0.383 e. The Labute approximate surface area is 103 Å². The van der Waals surface area contributed by atoms with Gasteiger partial charge in [-0.05, 0) is 30.0 Å². The Morgan fingerprint density at radius 1 is 1.38 bits per heavy atom. The fourth-order valence-electron chi connectivity index (χ4n) is 2.37. The van der Waals surface area contributed by atoms with Crippen molar-refractivity contribution in [2.45, 2.75) is 20.8 Å². The van der Waals surface area contributed by atoms with E-state index in [0.717, 1.165) is 18.1 Å². The SMILES string of the molecule is Cc1cc(Cl)cc2c1NCC(C)(C)CN2C. The molecule has 0 saturated heterocycles. The molecule has 0 saturated carbocycles. The summed E-state index contributed by atoms with van der Waals surface area (Å²) in [6.45, 7) is 8.68. The fourth-order valence-corrected chi connectivity index (χ4v) is 2.63. The summed E-state index contributed by atoms with van der Waals surface area (Å²) in [5.74, 6) is 0. The molecule has 0 aliphatic carbocycles. The van der Waals surface area contributed by atoms with Gasteiger partial charge in [0.15, 0.2) is 0 Å². The van der Waals surface area contributed by atoms with E-state index in [4.69, 9.17) is 11.6 Å².